The SMILES string of the molecule is COc1ccc(NC(=O)C[C@@H]2C(=O)N(c3ccc(OC)cc3)C(=S)N2CCCN2CCN(c3ccccc3)CC2)cc1. The van der Waals surface area contributed by atoms with Gasteiger partial charge in [-0.2, -0.15) is 0 Å². The van der Waals surface area contributed by atoms with Crippen LogP contribution < -0.4 is 24.6 Å². The minimum Gasteiger partial charge on any atom is -0.497 e. The second-order valence-electron chi connectivity index (χ2n) is 10.4. The third kappa shape index (κ3) is 6.83. The number of ether oxygens (including phenoxy) is 2. The second kappa shape index (κ2) is 13.7. The topological polar surface area (TPSA) is 77.6 Å². The Kier molecular flexibility index (Phi) is 9.55. The minimum atomic E-state index is -0.687. The van der Waals surface area contributed by atoms with E-state index >= 15 is 0 Å². The lowest BCUT2D eigenvalue weighted by atomic mass is 10.1. The number of anilines is 3. The Morgan fingerprint density at radius 3 is 2.07 bits per heavy atom. The van der Waals surface area contributed by atoms with Crippen LogP contribution in [0.3, 0.4) is 0 Å². The summed E-state index contributed by atoms with van der Waals surface area (Å²) in [5.41, 5.74) is 2.56. The van der Waals surface area contributed by atoms with Crippen LogP contribution in [0.25, 0.3) is 0 Å². The molecule has 2 aliphatic rings. The van der Waals surface area contributed by atoms with Gasteiger partial charge in [0.2, 0.25) is 5.91 Å². The van der Waals surface area contributed by atoms with Gasteiger partial charge in [-0.05, 0) is 85.8 Å². The number of hydrogen-bond donors (Lipinski definition) is 1. The summed E-state index contributed by atoms with van der Waals surface area (Å²) in [6.45, 7) is 5.38. The molecule has 0 unspecified atom stereocenters. The Morgan fingerprint density at radius 1 is 0.833 bits per heavy atom. The number of rotatable bonds is 11. The number of carbonyl (C=O) groups is 2. The van der Waals surface area contributed by atoms with E-state index in [1.54, 1.807) is 55.5 Å². The van der Waals surface area contributed by atoms with Crippen LogP contribution in [0.4, 0.5) is 17.1 Å². The third-order valence-electron chi connectivity index (χ3n) is 7.77. The first kappa shape index (κ1) is 29.3. The summed E-state index contributed by atoms with van der Waals surface area (Å²) in [6.07, 6.45) is 0.819. The van der Waals surface area contributed by atoms with Crippen molar-refractivity contribution in [2.45, 2.75) is 18.9 Å². The summed E-state index contributed by atoms with van der Waals surface area (Å²) in [7, 11) is 3.19. The summed E-state index contributed by atoms with van der Waals surface area (Å²) >= 11 is 5.84. The largest absolute Gasteiger partial charge is 0.497 e. The molecule has 2 aliphatic heterocycles. The lowest BCUT2D eigenvalue weighted by Gasteiger charge is -2.36. The number of amides is 2. The fraction of sp³-hybridized carbons (Fsp3) is 0.344. The Labute approximate surface area is 252 Å². The van der Waals surface area contributed by atoms with Crippen LogP contribution in [0, 0.1) is 0 Å². The molecule has 2 saturated heterocycles. The maximum Gasteiger partial charge on any atom is 0.256 e. The molecule has 9 nitrogen and oxygen atoms in total. The first-order valence-corrected chi connectivity index (χ1v) is 14.6. The normalized spacial score (nSPS) is 17.5. The average molecular weight is 588 g/mol. The highest BCUT2D eigenvalue weighted by Gasteiger charge is 2.44. The van der Waals surface area contributed by atoms with E-state index in [1.807, 2.05) is 23.1 Å². The molecule has 1 atom stereocenters. The minimum absolute atomic E-state index is 0.00654. The number of nitrogens with one attached hydrogen (secondary N) is 1. The van der Waals surface area contributed by atoms with Crippen molar-refractivity contribution in [3.63, 3.8) is 0 Å². The van der Waals surface area contributed by atoms with Gasteiger partial charge in [0.1, 0.15) is 17.5 Å². The van der Waals surface area contributed by atoms with Crippen LogP contribution in [-0.2, 0) is 9.59 Å². The molecule has 0 aliphatic carbocycles. The second-order valence-corrected chi connectivity index (χ2v) is 10.7. The van der Waals surface area contributed by atoms with Crippen LogP contribution in [0.1, 0.15) is 12.8 Å². The molecule has 0 spiro atoms. The summed E-state index contributed by atoms with van der Waals surface area (Å²) in [5, 5.41) is 3.32. The summed E-state index contributed by atoms with van der Waals surface area (Å²) in [4.78, 5) is 35.2. The van der Waals surface area contributed by atoms with E-state index in [9.17, 15) is 9.59 Å². The molecule has 3 aromatic carbocycles. The first-order valence-electron chi connectivity index (χ1n) is 14.2. The molecule has 0 bridgehead atoms. The molecule has 0 saturated carbocycles. The molecule has 3 aromatic rings. The van der Waals surface area contributed by atoms with E-state index in [4.69, 9.17) is 21.7 Å². The van der Waals surface area contributed by atoms with Crippen LogP contribution in [0.2, 0.25) is 0 Å². The quantitative estimate of drug-likeness (QED) is 0.334. The number of para-hydroxylation sites is 1. The molecule has 42 heavy (non-hydrogen) atoms. The summed E-state index contributed by atoms with van der Waals surface area (Å²) in [6, 6.07) is 24.1. The Bertz CT molecular complexity index is 1360. The van der Waals surface area contributed by atoms with Crippen LogP contribution in [0.5, 0.6) is 11.5 Å². The molecular formula is C32H37N5O4S. The van der Waals surface area contributed by atoms with Gasteiger partial charge in [-0.1, -0.05) is 18.2 Å². The fourth-order valence-electron chi connectivity index (χ4n) is 5.45. The lowest BCUT2D eigenvalue weighted by molar-refractivity contribution is -0.124. The van der Waals surface area contributed by atoms with Gasteiger partial charge in [0.05, 0.1) is 26.3 Å². The molecule has 2 amide bonds. The van der Waals surface area contributed by atoms with Crippen LogP contribution in [0.15, 0.2) is 78.9 Å². The zero-order chi connectivity index (χ0) is 29.5. The van der Waals surface area contributed by atoms with Crippen molar-refractivity contribution < 1.29 is 19.1 Å². The monoisotopic (exact) mass is 587 g/mol. The highest BCUT2D eigenvalue weighted by atomic mass is 32.1. The molecular weight excluding hydrogens is 550 g/mol. The molecule has 220 valence electrons. The van der Waals surface area contributed by atoms with Gasteiger partial charge in [-0.3, -0.25) is 19.4 Å². The maximum absolute atomic E-state index is 13.7. The van der Waals surface area contributed by atoms with Gasteiger partial charge < -0.3 is 24.6 Å². The van der Waals surface area contributed by atoms with Crippen molar-refractivity contribution in [3.8, 4) is 11.5 Å². The predicted molar refractivity (Wildman–Crippen MR) is 170 cm³/mol. The van der Waals surface area contributed by atoms with Crippen molar-refractivity contribution in [1.82, 2.24) is 9.80 Å². The van der Waals surface area contributed by atoms with Crippen molar-refractivity contribution in [2.75, 3.05) is 68.6 Å². The Hall–Kier alpha value is -4.15. The van der Waals surface area contributed by atoms with Crippen molar-refractivity contribution in [1.29, 1.82) is 0 Å². The van der Waals surface area contributed by atoms with Gasteiger partial charge in [-0.25, -0.2) is 0 Å². The highest BCUT2D eigenvalue weighted by molar-refractivity contribution is 7.80. The van der Waals surface area contributed by atoms with E-state index in [1.165, 1.54) is 5.69 Å². The number of nitrogens with zero attached hydrogens (tertiary/aromatic N) is 4. The molecule has 2 fully saturated rings. The van der Waals surface area contributed by atoms with E-state index in [0.717, 1.165) is 39.1 Å². The van der Waals surface area contributed by atoms with Gasteiger partial charge in [0.25, 0.3) is 5.91 Å². The summed E-state index contributed by atoms with van der Waals surface area (Å²) in [5.74, 6) is 0.939. The highest BCUT2D eigenvalue weighted by Crippen LogP contribution is 2.29. The van der Waals surface area contributed by atoms with Gasteiger partial charge >= 0.3 is 0 Å². The first-order chi connectivity index (χ1) is 20.5. The molecule has 2 heterocycles. The molecule has 1 N–H and O–H groups in total. The molecule has 10 heteroatoms. The number of methoxy groups -OCH3 is 2. The number of piperazine rings is 1. The van der Waals surface area contributed by atoms with Crippen molar-refractivity contribution in [2.24, 2.45) is 0 Å². The lowest BCUT2D eigenvalue weighted by Crippen LogP contribution is -2.47. The van der Waals surface area contributed by atoms with Crippen molar-refractivity contribution >= 4 is 46.2 Å². The molecule has 0 radical (unpaired) electrons. The zero-order valence-corrected chi connectivity index (χ0v) is 24.9. The average Bonchev–Trinajstić information content (AvgIpc) is 3.26. The smallest absolute Gasteiger partial charge is 0.256 e. The van der Waals surface area contributed by atoms with Gasteiger partial charge in [-0.15, -0.1) is 0 Å². The number of benzene rings is 3. The Morgan fingerprint density at radius 2 is 1.45 bits per heavy atom. The summed E-state index contributed by atoms with van der Waals surface area (Å²) < 4.78 is 10.5. The zero-order valence-electron chi connectivity index (χ0n) is 24.1. The molecule has 0 aromatic heterocycles. The van der Waals surface area contributed by atoms with Crippen LogP contribution >= 0.6 is 12.2 Å². The Balaban J connectivity index is 1.23. The van der Waals surface area contributed by atoms with Crippen molar-refractivity contribution in [3.05, 3.63) is 78.9 Å². The van der Waals surface area contributed by atoms with E-state index in [0.29, 0.717) is 34.5 Å². The third-order valence-corrected chi connectivity index (χ3v) is 8.19. The van der Waals surface area contributed by atoms with E-state index in [2.05, 4.69) is 39.4 Å². The van der Waals surface area contributed by atoms with E-state index in [-0.39, 0.29) is 18.2 Å². The fourth-order valence-corrected chi connectivity index (χ4v) is 5.87. The van der Waals surface area contributed by atoms with Gasteiger partial charge in [0, 0.05) is 44.1 Å². The predicted octanol–water partition coefficient (Wildman–Crippen LogP) is 4.25. The molecule has 5 rings (SSSR count). The van der Waals surface area contributed by atoms with Gasteiger partial charge in [0.15, 0.2) is 5.11 Å². The number of thiocarbonyl (C=S) groups is 1. The van der Waals surface area contributed by atoms with E-state index < -0.39 is 6.04 Å². The van der Waals surface area contributed by atoms with Crippen LogP contribution in [-0.4, -0.2) is 86.3 Å². The maximum atomic E-state index is 13.7. The number of carbonyl (C=O) groups excluding carboxylic acids is 2. The number of hydrogen-bond acceptors (Lipinski definition) is 7. The standard InChI is InChI=1S/C32H37N5O4S/c1-40-27-13-9-24(10-14-27)33-30(38)23-29-31(39)37(26-11-15-28(41-2)16-12-26)32(42)36(29)18-6-17-34-19-21-35(22-20-34)25-7-4-3-5-8-25/h3-5,7-16,29H,6,17-23H2,1-2H3,(H,33,38)/t29-/m1/s1.